The third kappa shape index (κ3) is 5.20. The van der Waals surface area contributed by atoms with E-state index >= 15 is 0 Å². The fraction of sp³-hybridized carbons (Fsp3) is 0.333. The number of nitrogens with zero attached hydrogens (tertiary/aromatic N) is 2. The summed E-state index contributed by atoms with van der Waals surface area (Å²) in [4.78, 5) is 8.50. The Bertz CT molecular complexity index is 589. The number of aromatic nitrogens is 1. The van der Waals surface area contributed by atoms with Crippen molar-refractivity contribution in [1.29, 1.82) is 0 Å². The summed E-state index contributed by atoms with van der Waals surface area (Å²) in [6.45, 7) is 5.14. The first-order valence-electron chi connectivity index (χ1n) is 7.44. The van der Waals surface area contributed by atoms with Crippen LogP contribution in [0.15, 0.2) is 47.6 Å². The van der Waals surface area contributed by atoms with Gasteiger partial charge >= 0.3 is 0 Å². The van der Waals surface area contributed by atoms with Gasteiger partial charge in [-0.05, 0) is 48.2 Å². The van der Waals surface area contributed by atoms with Gasteiger partial charge < -0.3 is 9.47 Å². The standard InChI is InChI=1S/C18H22N2O2/c1-14(2)10-11-22-17-7-4-15(5-8-17)12-19-16-6-9-18(21-3)20-13-16/h4-9,12-14H,10-11H2,1-3H3. The van der Waals surface area contributed by atoms with Gasteiger partial charge in [-0.25, -0.2) is 4.98 Å². The molecule has 0 atom stereocenters. The van der Waals surface area contributed by atoms with Crippen LogP contribution in [0.4, 0.5) is 5.69 Å². The minimum Gasteiger partial charge on any atom is -0.494 e. The monoisotopic (exact) mass is 298 g/mol. The molecule has 0 unspecified atom stereocenters. The van der Waals surface area contributed by atoms with Gasteiger partial charge in [-0.1, -0.05) is 13.8 Å². The summed E-state index contributed by atoms with van der Waals surface area (Å²) in [5.41, 5.74) is 1.81. The molecule has 0 amide bonds. The molecule has 116 valence electrons. The lowest BCUT2D eigenvalue weighted by atomic mass is 10.1. The molecule has 0 spiro atoms. The highest BCUT2D eigenvalue weighted by atomic mass is 16.5. The lowest BCUT2D eigenvalue weighted by Crippen LogP contribution is -2.01. The van der Waals surface area contributed by atoms with E-state index in [1.807, 2.05) is 30.3 Å². The maximum atomic E-state index is 5.69. The summed E-state index contributed by atoms with van der Waals surface area (Å²) in [6, 6.07) is 11.6. The summed E-state index contributed by atoms with van der Waals surface area (Å²) in [7, 11) is 1.59. The van der Waals surface area contributed by atoms with Gasteiger partial charge in [0, 0.05) is 12.3 Å². The van der Waals surface area contributed by atoms with E-state index in [4.69, 9.17) is 9.47 Å². The molecule has 22 heavy (non-hydrogen) atoms. The number of ether oxygens (including phenoxy) is 2. The van der Waals surface area contributed by atoms with Crippen molar-refractivity contribution in [2.75, 3.05) is 13.7 Å². The zero-order valence-corrected chi connectivity index (χ0v) is 13.3. The van der Waals surface area contributed by atoms with Crippen molar-refractivity contribution >= 4 is 11.9 Å². The highest BCUT2D eigenvalue weighted by molar-refractivity contribution is 5.82. The fourth-order valence-corrected chi connectivity index (χ4v) is 1.78. The summed E-state index contributed by atoms with van der Waals surface area (Å²) in [5, 5.41) is 0. The minimum atomic E-state index is 0.585. The number of aliphatic imine (C=N–C) groups is 1. The normalized spacial score (nSPS) is 11.1. The van der Waals surface area contributed by atoms with Crippen LogP contribution < -0.4 is 9.47 Å². The van der Waals surface area contributed by atoms with Crippen LogP contribution in [0.2, 0.25) is 0 Å². The number of pyridine rings is 1. The summed E-state index contributed by atoms with van der Waals surface area (Å²) in [6.07, 6.45) is 4.55. The number of rotatable bonds is 7. The molecule has 2 rings (SSSR count). The molecule has 2 aromatic rings. The minimum absolute atomic E-state index is 0.585. The van der Waals surface area contributed by atoms with Gasteiger partial charge in [-0.15, -0.1) is 0 Å². The second kappa shape index (κ2) is 8.17. The molecule has 4 heteroatoms. The van der Waals surface area contributed by atoms with Gasteiger partial charge in [-0.2, -0.15) is 0 Å². The summed E-state index contributed by atoms with van der Waals surface area (Å²) >= 11 is 0. The van der Waals surface area contributed by atoms with E-state index < -0.39 is 0 Å². The maximum Gasteiger partial charge on any atom is 0.213 e. The summed E-state index contributed by atoms with van der Waals surface area (Å²) < 4.78 is 10.7. The van der Waals surface area contributed by atoms with Crippen LogP contribution >= 0.6 is 0 Å². The Balaban J connectivity index is 1.91. The Kier molecular flexibility index (Phi) is 5.95. The second-order valence-corrected chi connectivity index (χ2v) is 5.42. The predicted octanol–water partition coefficient (Wildman–Crippen LogP) is 4.27. The highest BCUT2D eigenvalue weighted by Crippen LogP contribution is 2.15. The molecule has 1 aromatic carbocycles. The molecule has 4 nitrogen and oxygen atoms in total. The zero-order valence-electron chi connectivity index (χ0n) is 13.3. The van der Waals surface area contributed by atoms with E-state index in [9.17, 15) is 0 Å². The van der Waals surface area contributed by atoms with E-state index in [1.54, 1.807) is 25.6 Å². The maximum absolute atomic E-state index is 5.69. The molecular weight excluding hydrogens is 276 g/mol. The highest BCUT2D eigenvalue weighted by Gasteiger charge is 1.97. The van der Waals surface area contributed by atoms with E-state index in [1.165, 1.54) is 0 Å². The van der Waals surface area contributed by atoms with Crippen LogP contribution in [0.3, 0.4) is 0 Å². The Morgan fingerprint density at radius 3 is 2.50 bits per heavy atom. The number of hydrogen-bond acceptors (Lipinski definition) is 4. The van der Waals surface area contributed by atoms with E-state index in [-0.39, 0.29) is 0 Å². The number of hydrogen-bond donors (Lipinski definition) is 0. The SMILES string of the molecule is COc1ccc(N=Cc2ccc(OCCC(C)C)cc2)cn1. The van der Waals surface area contributed by atoms with Crippen LogP contribution in [0, 0.1) is 5.92 Å². The molecule has 1 aromatic heterocycles. The van der Waals surface area contributed by atoms with Gasteiger partial charge in [0.1, 0.15) is 5.75 Å². The summed E-state index contributed by atoms with van der Waals surface area (Å²) in [5.74, 6) is 2.13. The van der Waals surface area contributed by atoms with Crippen LogP contribution in [0.1, 0.15) is 25.8 Å². The molecule has 0 aliphatic carbocycles. The molecule has 0 bridgehead atoms. The van der Waals surface area contributed by atoms with Crippen LogP contribution in [0.25, 0.3) is 0 Å². The van der Waals surface area contributed by atoms with Crippen molar-refractivity contribution in [2.45, 2.75) is 20.3 Å². The first kappa shape index (κ1) is 16.0. The average Bonchev–Trinajstić information content (AvgIpc) is 2.54. The molecule has 0 radical (unpaired) electrons. The van der Waals surface area contributed by atoms with Crippen LogP contribution in [-0.2, 0) is 0 Å². The van der Waals surface area contributed by atoms with Crippen LogP contribution in [0.5, 0.6) is 11.6 Å². The fourth-order valence-electron chi connectivity index (χ4n) is 1.78. The van der Waals surface area contributed by atoms with Crippen molar-refractivity contribution < 1.29 is 9.47 Å². The predicted molar refractivity (Wildman–Crippen MR) is 89.4 cm³/mol. The van der Waals surface area contributed by atoms with Gasteiger partial charge in [0.05, 0.1) is 25.6 Å². The topological polar surface area (TPSA) is 43.7 Å². The molecular formula is C18H22N2O2. The smallest absolute Gasteiger partial charge is 0.213 e. The zero-order chi connectivity index (χ0) is 15.8. The molecule has 0 fully saturated rings. The number of methoxy groups -OCH3 is 1. The molecule has 0 saturated carbocycles. The molecule has 0 aliphatic rings. The number of benzene rings is 1. The van der Waals surface area contributed by atoms with Crippen molar-refractivity contribution in [3.8, 4) is 11.6 Å². The lowest BCUT2D eigenvalue weighted by molar-refractivity contribution is 0.289. The second-order valence-electron chi connectivity index (χ2n) is 5.42. The van der Waals surface area contributed by atoms with Gasteiger partial charge in [0.25, 0.3) is 0 Å². The Morgan fingerprint density at radius 1 is 1.14 bits per heavy atom. The van der Waals surface area contributed by atoms with Crippen molar-refractivity contribution in [2.24, 2.45) is 10.9 Å². The van der Waals surface area contributed by atoms with Gasteiger partial charge in [0.2, 0.25) is 5.88 Å². The van der Waals surface area contributed by atoms with Crippen LogP contribution in [-0.4, -0.2) is 24.9 Å². The van der Waals surface area contributed by atoms with E-state index in [2.05, 4.69) is 23.8 Å². The lowest BCUT2D eigenvalue weighted by Gasteiger charge is -2.07. The average molecular weight is 298 g/mol. The van der Waals surface area contributed by atoms with E-state index in [0.29, 0.717) is 11.8 Å². The quantitative estimate of drug-likeness (QED) is 0.717. The largest absolute Gasteiger partial charge is 0.494 e. The van der Waals surface area contributed by atoms with E-state index in [0.717, 1.165) is 30.0 Å². The van der Waals surface area contributed by atoms with Gasteiger partial charge in [-0.3, -0.25) is 4.99 Å². The van der Waals surface area contributed by atoms with Crippen molar-refractivity contribution in [3.63, 3.8) is 0 Å². The van der Waals surface area contributed by atoms with Crippen molar-refractivity contribution in [1.82, 2.24) is 4.98 Å². The Hall–Kier alpha value is -2.36. The Morgan fingerprint density at radius 2 is 1.91 bits per heavy atom. The third-order valence-electron chi connectivity index (χ3n) is 3.14. The first-order chi connectivity index (χ1) is 10.7. The molecule has 1 heterocycles. The molecule has 0 aliphatic heterocycles. The third-order valence-corrected chi connectivity index (χ3v) is 3.14. The van der Waals surface area contributed by atoms with Gasteiger partial charge in [0.15, 0.2) is 0 Å². The van der Waals surface area contributed by atoms with Crippen molar-refractivity contribution in [3.05, 3.63) is 48.2 Å². The Labute approximate surface area is 131 Å². The first-order valence-corrected chi connectivity index (χ1v) is 7.44. The molecule has 0 saturated heterocycles. The molecule has 0 N–H and O–H groups in total.